The standard InChI is InChI=1S/C12H21NO2/c1-9(2)10-7-13(8-10)12(14)11-5-3-4-6-15-11/h9-11H,3-8H2,1-2H3. The summed E-state index contributed by atoms with van der Waals surface area (Å²) in [5, 5.41) is 0. The first-order chi connectivity index (χ1) is 7.18. The lowest BCUT2D eigenvalue weighted by Gasteiger charge is -2.43. The Labute approximate surface area is 91.8 Å². The van der Waals surface area contributed by atoms with Crippen LogP contribution in [0, 0.1) is 11.8 Å². The highest BCUT2D eigenvalue weighted by Gasteiger charge is 2.36. The first kappa shape index (κ1) is 10.9. The van der Waals surface area contributed by atoms with E-state index in [1.165, 1.54) is 0 Å². The molecule has 0 aromatic heterocycles. The van der Waals surface area contributed by atoms with E-state index < -0.39 is 0 Å². The highest BCUT2D eigenvalue weighted by molar-refractivity contribution is 5.81. The second-order valence-corrected chi connectivity index (χ2v) is 5.10. The van der Waals surface area contributed by atoms with Gasteiger partial charge < -0.3 is 9.64 Å². The van der Waals surface area contributed by atoms with Crippen LogP contribution in [0.4, 0.5) is 0 Å². The minimum Gasteiger partial charge on any atom is -0.368 e. The van der Waals surface area contributed by atoms with Gasteiger partial charge in [-0.2, -0.15) is 0 Å². The Morgan fingerprint density at radius 1 is 1.33 bits per heavy atom. The van der Waals surface area contributed by atoms with Gasteiger partial charge in [0.2, 0.25) is 0 Å². The predicted molar refractivity (Wildman–Crippen MR) is 58.5 cm³/mol. The largest absolute Gasteiger partial charge is 0.368 e. The van der Waals surface area contributed by atoms with Gasteiger partial charge in [0.05, 0.1) is 0 Å². The number of carbonyl (C=O) groups is 1. The minimum absolute atomic E-state index is 0.133. The van der Waals surface area contributed by atoms with Gasteiger partial charge in [0.15, 0.2) is 0 Å². The topological polar surface area (TPSA) is 29.5 Å². The molecule has 0 saturated carbocycles. The second kappa shape index (κ2) is 4.52. The van der Waals surface area contributed by atoms with E-state index in [-0.39, 0.29) is 12.0 Å². The molecule has 2 rings (SSSR count). The average molecular weight is 211 g/mol. The summed E-state index contributed by atoms with van der Waals surface area (Å²) in [5.41, 5.74) is 0. The van der Waals surface area contributed by atoms with E-state index in [9.17, 15) is 4.79 Å². The van der Waals surface area contributed by atoms with Crippen molar-refractivity contribution in [3.8, 4) is 0 Å². The third-order valence-electron chi connectivity index (χ3n) is 3.62. The Balaban J connectivity index is 1.78. The normalized spacial score (nSPS) is 27.9. The maximum atomic E-state index is 11.9. The van der Waals surface area contributed by atoms with Crippen LogP contribution in [-0.2, 0) is 9.53 Å². The number of hydrogen-bond acceptors (Lipinski definition) is 2. The van der Waals surface area contributed by atoms with Crippen LogP contribution < -0.4 is 0 Å². The van der Waals surface area contributed by atoms with E-state index in [0.29, 0.717) is 11.8 Å². The van der Waals surface area contributed by atoms with Gasteiger partial charge in [-0.05, 0) is 31.1 Å². The van der Waals surface area contributed by atoms with Crippen molar-refractivity contribution in [3.05, 3.63) is 0 Å². The maximum absolute atomic E-state index is 11.9. The minimum atomic E-state index is -0.133. The van der Waals surface area contributed by atoms with Crippen molar-refractivity contribution in [2.24, 2.45) is 11.8 Å². The van der Waals surface area contributed by atoms with Crippen LogP contribution in [0.2, 0.25) is 0 Å². The predicted octanol–water partition coefficient (Wildman–Crippen LogP) is 1.67. The summed E-state index contributed by atoms with van der Waals surface area (Å²) in [7, 11) is 0. The zero-order chi connectivity index (χ0) is 10.8. The maximum Gasteiger partial charge on any atom is 0.251 e. The molecule has 2 aliphatic heterocycles. The van der Waals surface area contributed by atoms with Gasteiger partial charge >= 0.3 is 0 Å². The zero-order valence-electron chi connectivity index (χ0n) is 9.74. The summed E-state index contributed by atoms with van der Waals surface area (Å²) in [4.78, 5) is 13.9. The molecular weight excluding hydrogens is 190 g/mol. The molecule has 0 aliphatic carbocycles. The highest BCUT2D eigenvalue weighted by Crippen LogP contribution is 2.25. The number of amides is 1. The fourth-order valence-electron chi connectivity index (χ4n) is 2.25. The van der Waals surface area contributed by atoms with Crippen LogP contribution in [0.3, 0.4) is 0 Å². The third-order valence-corrected chi connectivity index (χ3v) is 3.62. The fourth-order valence-corrected chi connectivity index (χ4v) is 2.25. The van der Waals surface area contributed by atoms with Gasteiger partial charge in [0.25, 0.3) is 5.91 Å². The number of carbonyl (C=O) groups excluding carboxylic acids is 1. The van der Waals surface area contributed by atoms with Gasteiger partial charge in [-0.1, -0.05) is 13.8 Å². The summed E-state index contributed by atoms with van der Waals surface area (Å²) >= 11 is 0. The fraction of sp³-hybridized carbons (Fsp3) is 0.917. The number of rotatable bonds is 2. The second-order valence-electron chi connectivity index (χ2n) is 5.10. The van der Waals surface area contributed by atoms with Crippen molar-refractivity contribution in [1.82, 2.24) is 4.90 Å². The number of hydrogen-bond donors (Lipinski definition) is 0. The SMILES string of the molecule is CC(C)C1CN(C(=O)C2CCCCO2)C1. The summed E-state index contributed by atoms with van der Waals surface area (Å²) in [6, 6.07) is 0. The van der Waals surface area contributed by atoms with Crippen LogP contribution in [0.5, 0.6) is 0 Å². The van der Waals surface area contributed by atoms with Crippen LogP contribution >= 0.6 is 0 Å². The molecule has 0 aromatic rings. The van der Waals surface area contributed by atoms with Crippen molar-refractivity contribution in [1.29, 1.82) is 0 Å². The molecule has 2 saturated heterocycles. The Morgan fingerprint density at radius 2 is 2.07 bits per heavy atom. The van der Waals surface area contributed by atoms with Crippen LogP contribution in [0.25, 0.3) is 0 Å². The van der Waals surface area contributed by atoms with Gasteiger partial charge in [0.1, 0.15) is 6.10 Å². The molecule has 1 atom stereocenters. The van der Waals surface area contributed by atoms with Crippen molar-refractivity contribution >= 4 is 5.91 Å². The molecule has 0 bridgehead atoms. The van der Waals surface area contributed by atoms with Crippen molar-refractivity contribution < 1.29 is 9.53 Å². The molecule has 3 nitrogen and oxygen atoms in total. The van der Waals surface area contributed by atoms with Crippen molar-refractivity contribution in [2.75, 3.05) is 19.7 Å². The molecule has 3 heteroatoms. The Hall–Kier alpha value is -0.570. The summed E-state index contributed by atoms with van der Waals surface area (Å²) in [5.74, 6) is 1.63. The monoisotopic (exact) mass is 211 g/mol. The lowest BCUT2D eigenvalue weighted by atomic mass is 9.88. The van der Waals surface area contributed by atoms with Gasteiger partial charge in [-0.15, -0.1) is 0 Å². The first-order valence-corrected chi connectivity index (χ1v) is 6.09. The van der Waals surface area contributed by atoms with E-state index in [4.69, 9.17) is 4.74 Å². The summed E-state index contributed by atoms with van der Waals surface area (Å²) < 4.78 is 5.50. The molecule has 0 radical (unpaired) electrons. The van der Waals surface area contributed by atoms with E-state index in [1.54, 1.807) is 0 Å². The molecular formula is C12H21NO2. The Bertz CT molecular complexity index is 228. The molecule has 2 aliphatic rings. The summed E-state index contributed by atoms with van der Waals surface area (Å²) in [6.45, 7) is 7.09. The molecule has 0 aromatic carbocycles. The molecule has 15 heavy (non-hydrogen) atoms. The van der Waals surface area contributed by atoms with E-state index in [2.05, 4.69) is 13.8 Å². The quantitative estimate of drug-likeness (QED) is 0.695. The Morgan fingerprint density at radius 3 is 2.60 bits per heavy atom. The molecule has 1 unspecified atom stereocenters. The van der Waals surface area contributed by atoms with Crippen molar-refractivity contribution in [2.45, 2.75) is 39.2 Å². The van der Waals surface area contributed by atoms with E-state index in [1.807, 2.05) is 4.90 Å². The number of ether oxygens (including phenoxy) is 1. The number of nitrogens with zero attached hydrogens (tertiary/aromatic N) is 1. The lowest BCUT2D eigenvalue weighted by molar-refractivity contribution is -0.154. The first-order valence-electron chi connectivity index (χ1n) is 6.09. The molecule has 0 N–H and O–H groups in total. The molecule has 2 fully saturated rings. The molecule has 0 spiro atoms. The molecule has 1 amide bonds. The highest BCUT2D eigenvalue weighted by atomic mass is 16.5. The zero-order valence-corrected chi connectivity index (χ0v) is 9.74. The average Bonchev–Trinajstić information content (AvgIpc) is 2.16. The number of likely N-dealkylation sites (tertiary alicyclic amines) is 1. The van der Waals surface area contributed by atoms with E-state index >= 15 is 0 Å². The van der Waals surface area contributed by atoms with Gasteiger partial charge in [-0.25, -0.2) is 0 Å². The van der Waals surface area contributed by atoms with Gasteiger partial charge in [0, 0.05) is 19.7 Å². The van der Waals surface area contributed by atoms with Crippen LogP contribution in [-0.4, -0.2) is 36.6 Å². The van der Waals surface area contributed by atoms with Crippen LogP contribution in [0.1, 0.15) is 33.1 Å². The lowest BCUT2D eigenvalue weighted by Crippen LogP contribution is -2.55. The van der Waals surface area contributed by atoms with E-state index in [0.717, 1.165) is 39.0 Å². The van der Waals surface area contributed by atoms with Gasteiger partial charge in [-0.3, -0.25) is 4.79 Å². The van der Waals surface area contributed by atoms with Crippen molar-refractivity contribution in [3.63, 3.8) is 0 Å². The third kappa shape index (κ3) is 2.33. The van der Waals surface area contributed by atoms with Crippen LogP contribution in [0.15, 0.2) is 0 Å². The molecule has 2 heterocycles. The Kier molecular flexibility index (Phi) is 3.29. The summed E-state index contributed by atoms with van der Waals surface area (Å²) in [6.07, 6.45) is 3.03. The smallest absolute Gasteiger partial charge is 0.251 e. The molecule has 86 valence electrons.